The first-order valence-corrected chi connectivity index (χ1v) is 4.75. The second-order valence-electron chi connectivity index (χ2n) is 3.72. The van der Waals surface area contributed by atoms with Gasteiger partial charge in [0.25, 0.3) is 0 Å². The Morgan fingerprint density at radius 1 is 1.50 bits per heavy atom. The fourth-order valence-corrected chi connectivity index (χ4v) is 1.09. The summed E-state index contributed by atoms with van der Waals surface area (Å²) in [5.41, 5.74) is 1.42. The van der Waals surface area contributed by atoms with Crippen LogP contribution in [0.3, 0.4) is 0 Å². The van der Waals surface area contributed by atoms with Gasteiger partial charge in [-0.05, 0) is 25.0 Å². The monoisotopic (exact) mass is 189 g/mol. The van der Waals surface area contributed by atoms with E-state index in [4.69, 9.17) is 5.26 Å². The zero-order valence-electron chi connectivity index (χ0n) is 8.83. The molecule has 0 radical (unpaired) electrons. The van der Waals surface area contributed by atoms with E-state index < -0.39 is 0 Å². The highest BCUT2D eigenvalue weighted by atomic mass is 15.0. The van der Waals surface area contributed by atoms with E-state index in [-0.39, 0.29) is 0 Å². The zero-order valence-corrected chi connectivity index (χ0v) is 8.83. The molecule has 0 atom stereocenters. The number of aryl methyl sites for hydroxylation is 1. The average molecular weight is 189 g/mol. The van der Waals surface area contributed by atoms with Crippen LogP contribution in [0.15, 0.2) is 12.1 Å². The fourth-order valence-electron chi connectivity index (χ4n) is 1.09. The van der Waals surface area contributed by atoms with Gasteiger partial charge >= 0.3 is 0 Å². The molecule has 0 spiro atoms. The molecule has 0 saturated carbocycles. The number of nitrogens with zero attached hydrogens (tertiary/aromatic N) is 2. The number of nitriles is 1. The third-order valence-corrected chi connectivity index (χ3v) is 1.90. The molecule has 0 saturated heterocycles. The summed E-state index contributed by atoms with van der Waals surface area (Å²) in [7, 11) is 0. The van der Waals surface area contributed by atoms with E-state index in [1.54, 1.807) is 6.07 Å². The number of hydrogen-bond donors (Lipinski definition) is 1. The molecular formula is C11H15N3. The van der Waals surface area contributed by atoms with Crippen LogP contribution in [0.5, 0.6) is 0 Å². The summed E-state index contributed by atoms with van der Waals surface area (Å²) in [6, 6.07) is 5.73. The molecule has 0 aliphatic heterocycles. The number of anilines is 1. The Balaban J connectivity index is 2.73. The summed E-state index contributed by atoms with van der Waals surface area (Å²) in [6.45, 7) is 7.03. The fraction of sp³-hybridized carbons (Fsp3) is 0.455. The molecule has 0 unspecified atom stereocenters. The normalized spacial score (nSPS) is 9.93. The first kappa shape index (κ1) is 10.5. The lowest BCUT2D eigenvalue weighted by molar-refractivity contribution is 0.687. The van der Waals surface area contributed by atoms with Crippen LogP contribution in [-0.4, -0.2) is 11.5 Å². The van der Waals surface area contributed by atoms with Crippen molar-refractivity contribution in [1.82, 2.24) is 4.98 Å². The first-order chi connectivity index (χ1) is 6.63. The van der Waals surface area contributed by atoms with Crippen LogP contribution in [0.25, 0.3) is 0 Å². The molecule has 0 aliphatic carbocycles. The maximum absolute atomic E-state index is 8.72. The Labute approximate surface area is 84.8 Å². The van der Waals surface area contributed by atoms with E-state index in [9.17, 15) is 0 Å². The Bertz CT molecular complexity index is 350. The summed E-state index contributed by atoms with van der Waals surface area (Å²) in [4.78, 5) is 4.28. The predicted molar refractivity (Wildman–Crippen MR) is 57.0 cm³/mol. The van der Waals surface area contributed by atoms with Crippen LogP contribution in [0.2, 0.25) is 0 Å². The van der Waals surface area contributed by atoms with E-state index in [0.29, 0.717) is 11.5 Å². The molecule has 1 aromatic heterocycles. The maximum Gasteiger partial charge on any atom is 0.126 e. The Morgan fingerprint density at radius 3 is 2.71 bits per heavy atom. The van der Waals surface area contributed by atoms with Crippen molar-refractivity contribution >= 4 is 5.82 Å². The molecular weight excluding hydrogens is 174 g/mol. The van der Waals surface area contributed by atoms with E-state index >= 15 is 0 Å². The highest BCUT2D eigenvalue weighted by Gasteiger charge is 2.00. The highest BCUT2D eigenvalue weighted by Crippen LogP contribution is 2.09. The van der Waals surface area contributed by atoms with Gasteiger partial charge in [0.1, 0.15) is 11.9 Å². The summed E-state index contributed by atoms with van der Waals surface area (Å²) in [6.07, 6.45) is 0. The second kappa shape index (κ2) is 4.61. The molecule has 0 aliphatic rings. The molecule has 1 heterocycles. The topological polar surface area (TPSA) is 48.7 Å². The van der Waals surface area contributed by atoms with Crippen molar-refractivity contribution in [3.63, 3.8) is 0 Å². The van der Waals surface area contributed by atoms with Crippen molar-refractivity contribution in [2.45, 2.75) is 20.8 Å². The number of pyridine rings is 1. The van der Waals surface area contributed by atoms with Crippen molar-refractivity contribution in [2.24, 2.45) is 5.92 Å². The molecule has 1 N–H and O–H groups in total. The van der Waals surface area contributed by atoms with Gasteiger partial charge in [-0.2, -0.15) is 5.26 Å². The number of aromatic nitrogens is 1. The highest BCUT2D eigenvalue weighted by molar-refractivity contribution is 5.42. The predicted octanol–water partition coefficient (Wildman–Crippen LogP) is 2.33. The Morgan fingerprint density at radius 2 is 2.21 bits per heavy atom. The van der Waals surface area contributed by atoms with E-state index in [1.165, 1.54) is 0 Å². The largest absolute Gasteiger partial charge is 0.370 e. The number of hydrogen-bond acceptors (Lipinski definition) is 3. The maximum atomic E-state index is 8.72. The molecule has 1 aromatic rings. The van der Waals surface area contributed by atoms with Gasteiger partial charge in [-0.15, -0.1) is 0 Å². The molecule has 0 amide bonds. The Hall–Kier alpha value is -1.56. The second-order valence-corrected chi connectivity index (χ2v) is 3.72. The van der Waals surface area contributed by atoms with Gasteiger partial charge in [-0.3, -0.25) is 0 Å². The van der Waals surface area contributed by atoms with Crippen LogP contribution in [-0.2, 0) is 0 Å². The lowest BCUT2D eigenvalue weighted by Crippen LogP contribution is -2.09. The van der Waals surface area contributed by atoms with Gasteiger partial charge in [0.2, 0.25) is 0 Å². The summed E-state index contributed by atoms with van der Waals surface area (Å²) >= 11 is 0. The number of nitrogens with one attached hydrogen (secondary N) is 1. The molecule has 0 bridgehead atoms. The average Bonchev–Trinajstić information content (AvgIpc) is 2.15. The standard InChI is InChI=1S/C11H15N3/c1-8(2)7-13-11-5-4-10(6-12)9(3)14-11/h4-5,8H,7H2,1-3H3,(H,13,14). The zero-order chi connectivity index (χ0) is 10.6. The van der Waals surface area contributed by atoms with Gasteiger partial charge < -0.3 is 5.32 Å². The summed E-state index contributed by atoms with van der Waals surface area (Å²) in [5.74, 6) is 1.43. The SMILES string of the molecule is Cc1nc(NCC(C)C)ccc1C#N. The van der Waals surface area contributed by atoms with Crippen molar-refractivity contribution in [2.75, 3.05) is 11.9 Å². The van der Waals surface area contributed by atoms with Crippen LogP contribution in [0, 0.1) is 24.2 Å². The van der Waals surface area contributed by atoms with E-state index in [2.05, 4.69) is 30.2 Å². The third-order valence-electron chi connectivity index (χ3n) is 1.90. The van der Waals surface area contributed by atoms with Crippen LogP contribution in [0.1, 0.15) is 25.1 Å². The molecule has 3 heteroatoms. The molecule has 14 heavy (non-hydrogen) atoms. The first-order valence-electron chi connectivity index (χ1n) is 4.75. The molecule has 0 aromatic carbocycles. The molecule has 3 nitrogen and oxygen atoms in total. The van der Waals surface area contributed by atoms with Gasteiger partial charge in [0.15, 0.2) is 0 Å². The van der Waals surface area contributed by atoms with E-state index in [1.807, 2.05) is 13.0 Å². The smallest absolute Gasteiger partial charge is 0.126 e. The van der Waals surface area contributed by atoms with Gasteiger partial charge in [0.05, 0.1) is 11.3 Å². The molecule has 1 rings (SSSR count). The van der Waals surface area contributed by atoms with E-state index in [0.717, 1.165) is 18.1 Å². The Kier molecular flexibility index (Phi) is 3.47. The number of rotatable bonds is 3. The van der Waals surface area contributed by atoms with Gasteiger partial charge in [-0.1, -0.05) is 13.8 Å². The minimum absolute atomic E-state index is 0.591. The summed E-state index contributed by atoms with van der Waals surface area (Å²) in [5, 5.41) is 11.9. The van der Waals surface area contributed by atoms with Crippen LogP contribution in [0.4, 0.5) is 5.82 Å². The van der Waals surface area contributed by atoms with Crippen LogP contribution >= 0.6 is 0 Å². The van der Waals surface area contributed by atoms with Crippen molar-refractivity contribution in [3.05, 3.63) is 23.4 Å². The molecule has 74 valence electrons. The minimum atomic E-state index is 0.591. The van der Waals surface area contributed by atoms with Gasteiger partial charge in [0, 0.05) is 6.54 Å². The lowest BCUT2D eigenvalue weighted by Gasteiger charge is -2.08. The van der Waals surface area contributed by atoms with Gasteiger partial charge in [-0.25, -0.2) is 4.98 Å². The summed E-state index contributed by atoms with van der Waals surface area (Å²) < 4.78 is 0. The lowest BCUT2D eigenvalue weighted by atomic mass is 10.2. The minimum Gasteiger partial charge on any atom is -0.370 e. The molecule has 0 fully saturated rings. The van der Waals surface area contributed by atoms with Crippen molar-refractivity contribution < 1.29 is 0 Å². The van der Waals surface area contributed by atoms with Crippen molar-refractivity contribution in [1.29, 1.82) is 5.26 Å². The van der Waals surface area contributed by atoms with Crippen LogP contribution < -0.4 is 5.32 Å². The quantitative estimate of drug-likeness (QED) is 0.793. The third kappa shape index (κ3) is 2.74. The van der Waals surface area contributed by atoms with Crippen molar-refractivity contribution in [3.8, 4) is 6.07 Å².